The summed E-state index contributed by atoms with van der Waals surface area (Å²) in [5, 5.41) is 19.7. The smallest absolute Gasteiger partial charge is 0.335 e. The van der Waals surface area contributed by atoms with Crippen molar-refractivity contribution in [3.05, 3.63) is 39.4 Å². The van der Waals surface area contributed by atoms with Gasteiger partial charge in [-0.15, -0.1) is 0 Å². The topological polar surface area (TPSA) is 98.9 Å². The van der Waals surface area contributed by atoms with E-state index in [0.29, 0.717) is 0 Å². The van der Waals surface area contributed by atoms with Gasteiger partial charge in [0.15, 0.2) is 6.29 Å². The van der Waals surface area contributed by atoms with Crippen molar-refractivity contribution in [3.8, 4) is 0 Å². The molecule has 0 saturated carbocycles. The third-order valence-corrected chi connectivity index (χ3v) is 2.44. The number of hydrogen-bond acceptors (Lipinski definition) is 5. The summed E-state index contributed by atoms with van der Waals surface area (Å²) in [5.41, 5.74) is 0.0919. The number of ether oxygens (including phenoxy) is 2. The van der Waals surface area contributed by atoms with Crippen LogP contribution in [0.1, 0.15) is 15.9 Å². The number of nitro benzene ring substituents is 1. The predicted molar refractivity (Wildman–Crippen MR) is 61.6 cm³/mol. The molecule has 7 nitrogen and oxygen atoms in total. The monoisotopic (exact) mass is 255 g/mol. The number of aromatic carboxylic acids is 1. The highest BCUT2D eigenvalue weighted by molar-refractivity contribution is 5.88. The maximum Gasteiger partial charge on any atom is 0.335 e. The Bertz CT molecular complexity index is 455. The zero-order chi connectivity index (χ0) is 13.7. The van der Waals surface area contributed by atoms with Gasteiger partial charge in [0.05, 0.1) is 10.5 Å². The minimum Gasteiger partial charge on any atom is -0.478 e. The van der Waals surface area contributed by atoms with Crippen molar-refractivity contribution < 1.29 is 24.3 Å². The molecule has 0 aliphatic heterocycles. The fourth-order valence-electron chi connectivity index (χ4n) is 1.50. The first-order valence-corrected chi connectivity index (χ1v) is 5.05. The molecule has 1 aromatic carbocycles. The van der Waals surface area contributed by atoms with Gasteiger partial charge < -0.3 is 14.6 Å². The van der Waals surface area contributed by atoms with E-state index >= 15 is 0 Å². The van der Waals surface area contributed by atoms with Gasteiger partial charge in [0.2, 0.25) is 0 Å². The molecule has 0 amide bonds. The minimum atomic E-state index is -1.14. The Hall–Kier alpha value is -1.99. The van der Waals surface area contributed by atoms with Crippen LogP contribution in [0.2, 0.25) is 0 Å². The van der Waals surface area contributed by atoms with Crippen LogP contribution in [-0.2, 0) is 15.9 Å². The number of carboxylic acid groups (broad SMARTS) is 1. The molecule has 0 unspecified atom stereocenters. The van der Waals surface area contributed by atoms with Gasteiger partial charge in [-0.3, -0.25) is 10.1 Å². The van der Waals surface area contributed by atoms with Gasteiger partial charge in [-0.2, -0.15) is 0 Å². The second kappa shape index (κ2) is 6.08. The van der Waals surface area contributed by atoms with Crippen LogP contribution in [0.15, 0.2) is 18.2 Å². The molecule has 1 aromatic rings. The van der Waals surface area contributed by atoms with Crippen molar-refractivity contribution in [2.24, 2.45) is 0 Å². The molecule has 0 aromatic heterocycles. The Balaban J connectivity index is 3.14. The summed E-state index contributed by atoms with van der Waals surface area (Å²) in [5.74, 6) is -1.14. The predicted octanol–water partition coefficient (Wildman–Crippen LogP) is 1.45. The Morgan fingerprint density at radius 1 is 1.44 bits per heavy atom. The van der Waals surface area contributed by atoms with Crippen LogP contribution in [0.5, 0.6) is 0 Å². The largest absolute Gasteiger partial charge is 0.478 e. The molecule has 0 fully saturated rings. The van der Waals surface area contributed by atoms with E-state index in [1.54, 1.807) is 0 Å². The first kappa shape index (κ1) is 14.1. The van der Waals surface area contributed by atoms with E-state index in [2.05, 4.69) is 0 Å². The fraction of sp³-hybridized carbons (Fsp3) is 0.364. The lowest BCUT2D eigenvalue weighted by Gasteiger charge is -2.13. The molecule has 18 heavy (non-hydrogen) atoms. The highest BCUT2D eigenvalue weighted by atomic mass is 16.7. The maximum absolute atomic E-state index is 10.8. The summed E-state index contributed by atoms with van der Waals surface area (Å²) < 4.78 is 9.89. The van der Waals surface area contributed by atoms with Crippen LogP contribution in [0, 0.1) is 10.1 Å². The van der Waals surface area contributed by atoms with Gasteiger partial charge in [0.1, 0.15) is 0 Å². The number of carboxylic acids is 1. The number of hydrogen-bond donors (Lipinski definition) is 1. The summed E-state index contributed by atoms with van der Waals surface area (Å²) in [6.45, 7) is 0. The molecule has 0 saturated heterocycles. The third kappa shape index (κ3) is 3.25. The van der Waals surface area contributed by atoms with E-state index in [9.17, 15) is 14.9 Å². The quantitative estimate of drug-likeness (QED) is 0.469. The van der Waals surface area contributed by atoms with E-state index < -0.39 is 17.2 Å². The van der Waals surface area contributed by atoms with Crippen molar-refractivity contribution in [1.29, 1.82) is 0 Å². The fourth-order valence-corrected chi connectivity index (χ4v) is 1.50. The van der Waals surface area contributed by atoms with Crippen LogP contribution < -0.4 is 0 Å². The van der Waals surface area contributed by atoms with E-state index in [4.69, 9.17) is 14.6 Å². The van der Waals surface area contributed by atoms with Crippen molar-refractivity contribution in [3.63, 3.8) is 0 Å². The van der Waals surface area contributed by atoms with Gasteiger partial charge >= 0.3 is 5.97 Å². The first-order valence-electron chi connectivity index (χ1n) is 5.05. The van der Waals surface area contributed by atoms with Crippen LogP contribution in [0.3, 0.4) is 0 Å². The number of carbonyl (C=O) groups is 1. The first-order chi connectivity index (χ1) is 8.49. The van der Waals surface area contributed by atoms with Crippen LogP contribution in [0.4, 0.5) is 5.69 Å². The molecule has 0 aliphatic rings. The standard InChI is InChI=1S/C11H13NO6/c1-17-10(18-2)6-8-5-7(11(13)14)3-4-9(8)12(15)16/h3-5,10H,6H2,1-2H3,(H,13,14). The lowest BCUT2D eigenvalue weighted by atomic mass is 10.1. The maximum atomic E-state index is 10.8. The summed E-state index contributed by atoms with van der Waals surface area (Å²) in [7, 11) is 2.81. The molecular formula is C11H13NO6. The normalized spacial score (nSPS) is 10.6. The molecule has 1 rings (SSSR count). The average Bonchev–Trinajstić information content (AvgIpc) is 2.35. The summed E-state index contributed by atoms with van der Waals surface area (Å²) in [4.78, 5) is 21.1. The molecule has 1 N–H and O–H groups in total. The molecule has 0 radical (unpaired) electrons. The average molecular weight is 255 g/mol. The molecule has 0 aliphatic carbocycles. The van der Waals surface area contributed by atoms with E-state index in [1.807, 2.05) is 0 Å². The molecule has 0 spiro atoms. The molecule has 7 heteroatoms. The van der Waals surface area contributed by atoms with Gasteiger partial charge in [-0.05, 0) is 12.1 Å². The number of rotatable bonds is 6. The number of methoxy groups -OCH3 is 2. The molecule has 0 bridgehead atoms. The Morgan fingerprint density at radius 3 is 2.50 bits per heavy atom. The zero-order valence-electron chi connectivity index (χ0n) is 9.95. The van der Waals surface area contributed by atoms with Crippen LogP contribution in [0.25, 0.3) is 0 Å². The second-order valence-corrected chi connectivity index (χ2v) is 3.51. The van der Waals surface area contributed by atoms with Crippen LogP contribution in [-0.4, -0.2) is 36.5 Å². The Kier molecular flexibility index (Phi) is 4.75. The Labute approximate surface area is 103 Å². The molecular weight excluding hydrogens is 242 g/mol. The Morgan fingerprint density at radius 2 is 2.06 bits per heavy atom. The van der Waals surface area contributed by atoms with E-state index in [0.717, 1.165) is 0 Å². The van der Waals surface area contributed by atoms with Crippen molar-refractivity contribution in [1.82, 2.24) is 0 Å². The highest BCUT2D eigenvalue weighted by Gasteiger charge is 2.19. The lowest BCUT2D eigenvalue weighted by molar-refractivity contribution is -0.385. The van der Waals surface area contributed by atoms with Crippen molar-refractivity contribution in [2.45, 2.75) is 12.7 Å². The molecule has 98 valence electrons. The van der Waals surface area contributed by atoms with E-state index in [-0.39, 0.29) is 23.2 Å². The highest BCUT2D eigenvalue weighted by Crippen LogP contribution is 2.22. The van der Waals surface area contributed by atoms with Gasteiger partial charge in [-0.25, -0.2) is 4.79 Å². The van der Waals surface area contributed by atoms with Gasteiger partial charge in [0, 0.05) is 32.3 Å². The molecule has 0 heterocycles. The van der Waals surface area contributed by atoms with Crippen molar-refractivity contribution in [2.75, 3.05) is 14.2 Å². The third-order valence-electron chi connectivity index (χ3n) is 2.44. The van der Waals surface area contributed by atoms with E-state index in [1.165, 1.54) is 32.4 Å². The van der Waals surface area contributed by atoms with Gasteiger partial charge in [-0.1, -0.05) is 0 Å². The summed E-state index contributed by atoms with van der Waals surface area (Å²) >= 11 is 0. The SMILES string of the molecule is COC(Cc1cc(C(=O)O)ccc1[N+](=O)[O-])OC. The van der Waals surface area contributed by atoms with Gasteiger partial charge in [0.25, 0.3) is 5.69 Å². The van der Waals surface area contributed by atoms with Crippen LogP contribution >= 0.6 is 0 Å². The summed E-state index contributed by atoms with van der Waals surface area (Å²) in [6.07, 6.45) is -0.558. The zero-order valence-corrected chi connectivity index (χ0v) is 9.95. The van der Waals surface area contributed by atoms with Crippen molar-refractivity contribution >= 4 is 11.7 Å². The number of nitrogens with zero attached hydrogens (tertiary/aromatic N) is 1. The lowest BCUT2D eigenvalue weighted by Crippen LogP contribution is -2.17. The number of nitro groups is 1. The molecule has 0 atom stereocenters. The minimum absolute atomic E-state index is 0.0124. The number of benzene rings is 1. The second-order valence-electron chi connectivity index (χ2n) is 3.51. The summed E-state index contributed by atoms with van der Waals surface area (Å²) in [6, 6.07) is 3.62.